The smallest absolute Gasteiger partial charge is 0.391 e. The summed E-state index contributed by atoms with van der Waals surface area (Å²) in [6.07, 6.45) is -4.17. The SMILES string of the molecule is O=C(CCl)N(Cc1ccco1)C(CC(F)(F)F)c1ccccc1. The van der Waals surface area contributed by atoms with Crippen molar-refractivity contribution in [2.75, 3.05) is 5.88 Å². The van der Waals surface area contributed by atoms with E-state index in [4.69, 9.17) is 16.0 Å². The first-order valence-electron chi connectivity index (χ1n) is 6.90. The monoisotopic (exact) mass is 345 g/mol. The van der Waals surface area contributed by atoms with E-state index >= 15 is 0 Å². The van der Waals surface area contributed by atoms with Crippen molar-refractivity contribution in [3.63, 3.8) is 0 Å². The summed E-state index contributed by atoms with van der Waals surface area (Å²) in [4.78, 5) is 13.2. The average molecular weight is 346 g/mol. The van der Waals surface area contributed by atoms with Gasteiger partial charge in [-0.3, -0.25) is 4.79 Å². The van der Waals surface area contributed by atoms with Crippen molar-refractivity contribution < 1.29 is 22.4 Å². The molecule has 2 rings (SSSR count). The second kappa shape index (κ2) is 7.55. The largest absolute Gasteiger partial charge is 0.467 e. The fourth-order valence-corrected chi connectivity index (χ4v) is 2.48. The second-order valence-corrected chi connectivity index (χ2v) is 5.25. The van der Waals surface area contributed by atoms with E-state index in [9.17, 15) is 18.0 Å². The number of carbonyl (C=O) groups excluding carboxylic acids is 1. The van der Waals surface area contributed by atoms with Crippen molar-refractivity contribution in [2.24, 2.45) is 0 Å². The van der Waals surface area contributed by atoms with E-state index in [0.29, 0.717) is 11.3 Å². The number of hydrogen-bond donors (Lipinski definition) is 0. The number of halogens is 4. The Morgan fingerprint density at radius 1 is 1.17 bits per heavy atom. The standard InChI is InChI=1S/C16H15ClF3NO2/c17-10-15(22)21(11-13-7-4-8-23-13)14(9-16(18,19)20)12-5-2-1-3-6-12/h1-8,14H,9-11H2. The normalized spacial score (nSPS) is 12.9. The number of hydrogen-bond acceptors (Lipinski definition) is 2. The minimum Gasteiger partial charge on any atom is -0.467 e. The lowest BCUT2D eigenvalue weighted by molar-refractivity contribution is -0.155. The van der Waals surface area contributed by atoms with Crippen LogP contribution in [0.3, 0.4) is 0 Å². The van der Waals surface area contributed by atoms with Gasteiger partial charge in [-0.25, -0.2) is 0 Å². The summed E-state index contributed by atoms with van der Waals surface area (Å²) in [7, 11) is 0. The zero-order chi connectivity index (χ0) is 16.9. The molecule has 0 radical (unpaired) electrons. The first-order valence-corrected chi connectivity index (χ1v) is 7.43. The topological polar surface area (TPSA) is 33.5 Å². The second-order valence-electron chi connectivity index (χ2n) is 4.98. The van der Waals surface area contributed by atoms with Gasteiger partial charge in [0.2, 0.25) is 5.91 Å². The molecule has 0 aliphatic rings. The maximum Gasteiger partial charge on any atom is 0.391 e. The summed E-state index contributed by atoms with van der Waals surface area (Å²) < 4.78 is 44.2. The average Bonchev–Trinajstić information content (AvgIpc) is 3.03. The highest BCUT2D eigenvalue weighted by atomic mass is 35.5. The molecule has 2 aromatic rings. The molecule has 3 nitrogen and oxygen atoms in total. The van der Waals surface area contributed by atoms with E-state index in [0.717, 1.165) is 4.90 Å². The van der Waals surface area contributed by atoms with Crippen molar-refractivity contribution in [1.29, 1.82) is 0 Å². The third kappa shape index (κ3) is 5.03. The molecule has 1 atom stereocenters. The Labute approximate surface area is 136 Å². The number of benzene rings is 1. The van der Waals surface area contributed by atoms with Crippen LogP contribution in [0.5, 0.6) is 0 Å². The molecule has 1 amide bonds. The van der Waals surface area contributed by atoms with Crippen LogP contribution in [0.1, 0.15) is 23.8 Å². The van der Waals surface area contributed by atoms with Gasteiger partial charge in [-0.15, -0.1) is 11.6 Å². The van der Waals surface area contributed by atoms with E-state index in [1.807, 2.05) is 0 Å². The number of rotatable bonds is 6. The quantitative estimate of drug-likeness (QED) is 0.720. The summed E-state index contributed by atoms with van der Waals surface area (Å²) in [5.41, 5.74) is 0.398. The lowest BCUT2D eigenvalue weighted by atomic mass is 10.0. The van der Waals surface area contributed by atoms with E-state index in [1.54, 1.807) is 42.5 Å². The highest BCUT2D eigenvalue weighted by Gasteiger charge is 2.37. The zero-order valence-corrected chi connectivity index (χ0v) is 12.8. The van der Waals surface area contributed by atoms with Crippen molar-refractivity contribution in [1.82, 2.24) is 4.90 Å². The van der Waals surface area contributed by atoms with Gasteiger partial charge >= 0.3 is 6.18 Å². The van der Waals surface area contributed by atoms with Crippen LogP contribution in [-0.2, 0) is 11.3 Å². The van der Waals surface area contributed by atoms with Gasteiger partial charge in [0.1, 0.15) is 11.6 Å². The first-order chi connectivity index (χ1) is 10.9. The number of alkyl halides is 4. The molecule has 1 unspecified atom stereocenters. The summed E-state index contributed by atoms with van der Waals surface area (Å²) in [6.45, 7) is -0.0752. The molecule has 0 aliphatic heterocycles. The molecular formula is C16H15ClF3NO2. The molecule has 0 spiro atoms. The van der Waals surface area contributed by atoms with Crippen LogP contribution >= 0.6 is 11.6 Å². The Hall–Kier alpha value is -1.95. The molecule has 23 heavy (non-hydrogen) atoms. The molecule has 1 aromatic heterocycles. The van der Waals surface area contributed by atoms with E-state index < -0.39 is 30.4 Å². The van der Waals surface area contributed by atoms with Crippen LogP contribution in [-0.4, -0.2) is 22.9 Å². The van der Waals surface area contributed by atoms with Gasteiger partial charge in [-0.05, 0) is 17.7 Å². The van der Waals surface area contributed by atoms with Crippen molar-refractivity contribution in [2.45, 2.75) is 25.2 Å². The Morgan fingerprint density at radius 3 is 2.39 bits per heavy atom. The summed E-state index contributed by atoms with van der Waals surface area (Å²) in [5.74, 6) is -0.588. The van der Waals surface area contributed by atoms with Gasteiger partial charge in [-0.2, -0.15) is 13.2 Å². The fraction of sp³-hybridized carbons (Fsp3) is 0.312. The molecule has 0 saturated heterocycles. The minimum atomic E-state index is -4.42. The molecule has 1 heterocycles. The molecule has 0 saturated carbocycles. The zero-order valence-electron chi connectivity index (χ0n) is 12.1. The van der Waals surface area contributed by atoms with Gasteiger partial charge in [0.15, 0.2) is 0 Å². The molecule has 124 valence electrons. The summed E-state index contributed by atoms with van der Waals surface area (Å²) >= 11 is 5.59. The summed E-state index contributed by atoms with van der Waals surface area (Å²) in [6, 6.07) is 10.1. The summed E-state index contributed by atoms with van der Waals surface area (Å²) in [5, 5.41) is 0. The van der Waals surface area contributed by atoms with Crippen LogP contribution < -0.4 is 0 Å². The maximum absolute atomic E-state index is 13.0. The Balaban J connectivity index is 2.36. The van der Waals surface area contributed by atoms with Gasteiger partial charge < -0.3 is 9.32 Å². The van der Waals surface area contributed by atoms with Crippen LogP contribution in [0.4, 0.5) is 13.2 Å². The number of nitrogens with zero attached hydrogens (tertiary/aromatic N) is 1. The highest BCUT2D eigenvalue weighted by molar-refractivity contribution is 6.27. The number of amides is 1. The minimum absolute atomic E-state index is 0.0752. The lowest BCUT2D eigenvalue weighted by Crippen LogP contribution is -2.37. The number of carbonyl (C=O) groups is 1. The predicted octanol–water partition coefficient (Wildman–Crippen LogP) is 4.54. The van der Waals surface area contributed by atoms with E-state index in [1.165, 1.54) is 6.26 Å². The molecule has 0 N–H and O–H groups in total. The van der Waals surface area contributed by atoms with Gasteiger partial charge in [0.25, 0.3) is 0 Å². The molecular weight excluding hydrogens is 331 g/mol. The Bertz CT molecular complexity index is 614. The van der Waals surface area contributed by atoms with Crippen LogP contribution in [0.15, 0.2) is 53.1 Å². The lowest BCUT2D eigenvalue weighted by Gasteiger charge is -2.32. The third-order valence-corrected chi connectivity index (χ3v) is 3.55. The third-order valence-electron chi connectivity index (χ3n) is 3.33. The van der Waals surface area contributed by atoms with Gasteiger partial charge in [0, 0.05) is 0 Å². The maximum atomic E-state index is 13.0. The molecule has 7 heteroatoms. The van der Waals surface area contributed by atoms with Crippen LogP contribution in [0, 0.1) is 0 Å². The first kappa shape index (κ1) is 17.4. The van der Waals surface area contributed by atoms with Crippen molar-refractivity contribution >= 4 is 17.5 Å². The van der Waals surface area contributed by atoms with Crippen LogP contribution in [0.2, 0.25) is 0 Å². The molecule has 1 aromatic carbocycles. The van der Waals surface area contributed by atoms with Crippen molar-refractivity contribution in [3.8, 4) is 0 Å². The van der Waals surface area contributed by atoms with E-state index in [-0.39, 0.29) is 6.54 Å². The fourth-order valence-electron chi connectivity index (χ4n) is 2.32. The number of furan rings is 1. The molecule has 0 bridgehead atoms. The van der Waals surface area contributed by atoms with Gasteiger partial charge in [-0.1, -0.05) is 30.3 Å². The Morgan fingerprint density at radius 2 is 1.87 bits per heavy atom. The molecule has 0 aliphatic carbocycles. The van der Waals surface area contributed by atoms with Crippen molar-refractivity contribution in [3.05, 3.63) is 60.1 Å². The van der Waals surface area contributed by atoms with Crippen LogP contribution in [0.25, 0.3) is 0 Å². The van der Waals surface area contributed by atoms with E-state index in [2.05, 4.69) is 0 Å². The predicted molar refractivity (Wildman–Crippen MR) is 79.8 cm³/mol. The Kier molecular flexibility index (Phi) is 5.71. The van der Waals surface area contributed by atoms with Gasteiger partial charge in [0.05, 0.1) is 25.3 Å². The molecule has 0 fully saturated rings. The highest BCUT2D eigenvalue weighted by Crippen LogP contribution is 2.35.